The summed E-state index contributed by atoms with van der Waals surface area (Å²) in [7, 11) is 1.70. The third kappa shape index (κ3) is 3.56. The second kappa shape index (κ2) is 7.06. The Morgan fingerprint density at radius 3 is 2.65 bits per heavy atom. The number of nitrogens with zero attached hydrogens (tertiary/aromatic N) is 3. The molecule has 0 radical (unpaired) electrons. The Kier molecular flexibility index (Phi) is 5.69. The normalized spacial score (nSPS) is 10.8. The molecule has 2 N–H and O–H groups in total. The zero-order valence-electron chi connectivity index (χ0n) is 10.9. The van der Waals surface area contributed by atoms with E-state index in [1.165, 1.54) is 6.33 Å². The van der Waals surface area contributed by atoms with Crippen LogP contribution in [0.25, 0.3) is 0 Å². The van der Waals surface area contributed by atoms with Gasteiger partial charge in [0.25, 0.3) is 0 Å². The SMILES string of the molecule is CCC(CC)N(CCOC)c1ncncc1N. The monoisotopic (exact) mass is 238 g/mol. The van der Waals surface area contributed by atoms with Crippen molar-refractivity contribution < 1.29 is 4.74 Å². The first-order valence-corrected chi connectivity index (χ1v) is 6.05. The highest BCUT2D eigenvalue weighted by molar-refractivity contribution is 5.61. The Balaban J connectivity index is 2.92. The van der Waals surface area contributed by atoms with Crippen molar-refractivity contribution in [3.05, 3.63) is 12.5 Å². The summed E-state index contributed by atoms with van der Waals surface area (Å²) >= 11 is 0. The number of rotatable bonds is 7. The lowest BCUT2D eigenvalue weighted by Gasteiger charge is -2.32. The number of aromatic nitrogens is 2. The molecule has 0 aliphatic heterocycles. The van der Waals surface area contributed by atoms with Crippen molar-refractivity contribution in [2.45, 2.75) is 32.7 Å². The second-order valence-electron chi connectivity index (χ2n) is 3.96. The molecule has 1 aromatic rings. The Bertz CT molecular complexity index is 328. The number of nitrogens with two attached hydrogens (primary N) is 1. The lowest BCUT2D eigenvalue weighted by Crippen LogP contribution is -2.38. The molecule has 0 bridgehead atoms. The lowest BCUT2D eigenvalue weighted by atomic mass is 10.1. The van der Waals surface area contributed by atoms with Gasteiger partial charge in [0.05, 0.1) is 18.5 Å². The second-order valence-corrected chi connectivity index (χ2v) is 3.96. The quantitative estimate of drug-likeness (QED) is 0.783. The van der Waals surface area contributed by atoms with Gasteiger partial charge in [-0.15, -0.1) is 0 Å². The average molecular weight is 238 g/mol. The third-order valence-electron chi connectivity index (χ3n) is 2.91. The van der Waals surface area contributed by atoms with Gasteiger partial charge in [-0.2, -0.15) is 0 Å². The summed E-state index contributed by atoms with van der Waals surface area (Å²) in [6.07, 6.45) is 5.30. The summed E-state index contributed by atoms with van der Waals surface area (Å²) in [4.78, 5) is 10.4. The number of anilines is 2. The van der Waals surface area contributed by atoms with Crippen LogP contribution in [0.5, 0.6) is 0 Å². The van der Waals surface area contributed by atoms with Crippen molar-refractivity contribution in [3.8, 4) is 0 Å². The zero-order valence-corrected chi connectivity index (χ0v) is 10.9. The average Bonchev–Trinajstić information content (AvgIpc) is 2.36. The Labute approximate surface area is 103 Å². The molecule has 0 unspecified atom stereocenters. The van der Waals surface area contributed by atoms with Gasteiger partial charge < -0.3 is 15.4 Å². The van der Waals surface area contributed by atoms with Crippen LogP contribution in [0.3, 0.4) is 0 Å². The zero-order chi connectivity index (χ0) is 12.7. The van der Waals surface area contributed by atoms with Gasteiger partial charge in [0.1, 0.15) is 6.33 Å². The van der Waals surface area contributed by atoms with Crippen LogP contribution in [-0.4, -0.2) is 36.3 Å². The summed E-state index contributed by atoms with van der Waals surface area (Å²) < 4.78 is 5.15. The predicted molar refractivity (Wildman–Crippen MR) is 70.0 cm³/mol. The highest BCUT2D eigenvalue weighted by atomic mass is 16.5. The molecule has 1 rings (SSSR count). The van der Waals surface area contributed by atoms with Crippen LogP contribution in [0.2, 0.25) is 0 Å². The summed E-state index contributed by atoms with van der Waals surface area (Å²) in [6.45, 7) is 5.81. The topological polar surface area (TPSA) is 64.3 Å². The van der Waals surface area contributed by atoms with E-state index in [9.17, 15) is 0 Å². The van der Waals surface area contributed by atoms with Gasteiger partial charge in [-0.1, -0.05) is 13.8 Å². The van der Waals surface area contributed by atoms with Gasteiger partial charge in [-0.05, 0) is 12.8 Å². The molecule has 0 atom stereocenters. The van der Waals surface area contributed by atoms with Crippen LogP contribution in [-0.2, 0) is 4.74 Å². The molecule has 1 heterocycles. The van der Waals surface area contributed by atoms with Crippen LogP contribution in [0.1, 0.15) is 26.7 Å². The molecule has 0 saturated carbocycles. The Morgan fingerprint density at radius 1 is 1.41 bits per heavy atom. The fourth-order valence-corrected chi connectivity index (χ4v) is 1.95. The van der Waals surface area contributed by atoms with Crippen LogP contribution in [0.15, 0.2) is 12.5 Å². The maximum Gasteiger partial charge on any atom is 0.155 e. The summed E-state index contributed by atoms with van der Waals surface area (Å²) in [6, 6.07) is 0.433. The summed E-state index contributed by atoms with van der Waals surface area (Å²) in [5, 5.41) is 0. The van der Waals surface area contributed by atoms with Crippen LogP contribution >= 0.6 is 0 Å². The summed E-state index contributed by atoms with van der Waals surface area (Å²) in [5.41, 5.74) is 6.55. The third-order valence-corrected chi connectivity index (χ3v) is 2.91. The highest BCUT2D eigenvalue weighted by Gasteiger charge is 2.18. The van der Waals surface area contributed by atoms with Gasteiger partial charge in [-0.25, -0.2) is 9.97 Å². The largest absolute Gasteiger partial charge is 0.394 e. The van der Waals surface area contributed by atoms with E-state index in [-0.39, 0.29) is 0 Å². The fourth-order valence-electron chi connectivity index (χ4n) is 1.95. The first-order chi connectivity index (χ1) is 8.24. The highest BCUT2D eigenvalue weighted by Crippen LogP contribution is 2.22. The molecule has 0 fully saturated rings. The van der Waals surface area contributed by atoms with Crippen molar-refractivity contribution >= 4 is 11.5 Å². The molecule has 0 amide bonds. The van der Waals surface area contributed by atoms with Crippen molar-refractivity contribution in [2.24, 2.45) is 0 Å². The Morgan fingerprint density at radius 2 is 2.12 bits per heavy atom. The number of methoxy groups -OCH3 is 1. The summed E-state index contributed by atoms with van der Waals surface area (Å²) in [5.74, 6) is 0.811. The fraction of sp³-hybridized carbons (Fsp3) is 0.667. The molecule has 1 aromatic heterocycles. The van der Waals surface area contributed by atoms with Crippen molar-refractivity contribution in [2.75, 3.05) is 30.9 Å². The smallest absolute Gasteiger partial charge is 0.155 e. The molecular weight excluding hydrogens is 216 g/mol. The molecule has 0 aliphatic rings. The predicted octanol–water partition coefficient (Wildman–Crippen LogP) is 1.70. The number of nitrogen functional groups attached to an aromatic ring is 1. The van der Waals surface area contributed by atoms with Crippen molar-refractivity contribution in [1.29, 1.82) is 0 Å². The van der Waals surface area contributed by atoms with E-state index in [1.807, 2.05) is 0 Å². The molecule has 5 nitrogen and oxygen atoms in total. The van der Waals surface area contributed by atoms with E-state index >= 15 is 0 Å². The minimum Gasteiger partial charge on any atom is -0.394 e. The van der Waals surface area contributed by atoms with Gasteiger partial charge in [-0.3, -0.25) is 0 Å². The van der Waals surface area contributed by atoms with E-state index in [4.69, 9.17) is 10.5 Å². The molecule has 0 aliphatic carbocycles. The minimum atomic E-state index is 0.433. The standard InChI is InChI=1S/C12H22N4O/c1-4-10(5-2)16(6-7-17-3)12-11(13)8-14-9-15-12/h8-10H,4-7,13H2,1-3H3. The van der Waals surface area contributed by atoms with Gasteiger partial charge in [0, 0.05) is 19.7 Å². The number of hydrogen-bond acceptors (Lipinski definition) is 5. The Hall–Kier alpha value is -1.36. The van der Waals surface area contributed by atoms with Crippen LogP contribution in [0, 0.1) is 0 Å². The van der Waals surface area contributed by atoms with Gasteiger partial charge in [0.15, 0.2) is 5.82 Å². The maximum absolute atomic E-state index is 5.93. The first kappa shape index (κ1) is 13.7. The van der Waals surface area contributed by atoms with Gasteiger partial charge >= 0.3 is 0 Å². The molecule has 0 spiro atoms. The van der Waals surface area contributed by atoms with Crippen molar-refractivity contribution in [1.82, 2.24) is 9.97 Å². The molecular formula is C12H22N4O. The molecule has 5 heteroatoms. The van der Waals surface area contributed by atoms with E-state index in [0.29, 0.717) is 18.3 Å². The maximum atomic E-state index is 5.93. The number of ether oxygens (including phenoxy) is 1. The van der Waals surface area contributed by atoms with Crippen molar-refractivity contribution in [3.63, 3.8) is 0 Å². The molecule has 96 valence electrons. The molecule has 0 aromatic carbocycles. The van der Waals surface area contributed by atoms with Crippen LogP contribution < -0.4 is 10.6 Å². The van der Waals surface area contributed by atoms with Gasteiger partial charge in [0.2, 0.25) is 0 Å². The molecule has 17 heavy (non-hydrogen) atoms. The number of hydrogen-bond donors (Lipinski definition) is 1. The minimum absolute atomic E-state index is 0.433. The van der Waals surface area contributed by atoms with Crippen LogP contribution in [0.4, 0.5) is 11.5 Å². The van der Waals surface area contributed by atoms with E-state index in [2.05, 4.69) is 28.7 Å². The molecule has 0 saturated heterocycles. The lowest BCUT2D eigenvalue weighted by molar-refractivity contribution is 0.202. The van der Waals surface area contributed by atoms with E-state index in [1.54, 1.807) is 13.3 Å². The van der Waals surface area contributed by atoms with E-state index < -0.39 is 0 Å². The van der Waals surface area contributed by atoms with E-state index in [0.717, 1.165) is 25.2 Å². The first-order valence-electron chi connectivity index (χ1n) is 6.05.